The topological polar surface area (TPSA) is 86.8 Å². The monoisotopic (exact) mass is 837 g/mol. The quantitative estimate of drug-likeness (QED) is 0.0361. The summed E-state index contributed by atoms with van der Waals surface area (Å²) in [6.45, 7) is 33.5. The molecule has 1 N–H and O–H groups in total. The number of epoxide rings is 1. The van der Waals surface area contributed by atoms with Gasteiger partial charge in [0.15, 0.2) is 25.0 Å². The highest BCUT2D eigenvalue weighted by atomic mass is 28.4. The highest BCUT2D eigenvalue weighted by Crippen LogP contribution is 2.42. The Bertz CT molecular complexity index is 1220. The summed E-state index contributed by atoms with van der Waals surface area (Å²) in [6, 6.07) is 9.77. The van der Waals surface area contributed by atoms with Crippen LogP contribution >= 0.6 is 0 Å². The number of ether oxygens (including phenoxy) is 2. The molecule has 326 valence electrons. The molecule has 2 aliphatic heterocycles. The number of aliphatic hydroxyl groups is 1. The van der Waals surface area contributed by atoms with Gasteiger partial charge in [0, 0.05) is 24.4 Å². The van der Waals surface area contributed by atoms with Gasteiger partial charge >= 0.3 is 5.97 Å². The van der Waals surface area contributed by atoms with E-state index >= 15 is 0 Å². The minimum Gasteiger partial charge on any atom is -0.457 e. The molecule has 10 atom stereocenters. The molecule has 0 radical (unpaired) electrons. The Hall–Kier alpha value is -0.859. The second-order valence-electron chi connectivity index (χ2n) is 17.8. The number of rotatable bonds is 23. The standard InChI is InChI=1S/C46H88O7Si3/c1-16-41(52-55(20-5,21-6)22-7)38(14)45-42(49-45)34-46(15,53-56(23-8,24-9)25-10)32-26-27-36(12)44-37(13)29-31-40(47)35(11)28-30-39(33-43(48)50-44)51-54(17-2,18-3)19-4/h26-27,29,31-32,35,37-42,44-45,47H,16-25,28,30,33-34H2,1-15H3/b31-29+,32-26+,36-27+. The summed E-state index contributed by atoms with van der Waals surface area (Å²) >= 11 is 0. The van der Waals surface area contributed by atoms with E-state index in [1.54, 1.807) is 0 Å². The lowest BCUT2D eigenvalue weighted by atomic mass is 9.91. The van der Waals surface area contributed by atoms with Gasteiger partial charge in [-0.2, -0.15) is 0 Å². The summed E-state index contributed by atoms with van der Waals surface area (Å²) in [5.41, 5.74) is 0.456. The van der Waals surface area contributed by atoms with E-state index in [9.17, 15) is 9.90 Å². The molecule has 0 aromatic carbocycles. The summed E-state index contributed by atoms with van der Waals surface area (Å²) in [7, 11) is -5.66. The molecule has 56 heavy (non-hydrogen) atoms. The first-order valence-electron chi connectivity index (χ1n) is 23.1. The van der Waals surface area contributed by atoms with Crippen molar-refractivity contribution in [1.29, 1.82) is 0 Å². The molecule has 10 unspecified atom stereocenters. The fourth-order valence-electron chi connectivity index (χ4n) is 9.13. The zero-order chi connectivity index (χ0) is 42.3. The number of esters is 1. The highest BCUT2D eigenvalue weighted by molar-refractivity contribution is 6.74. The van der Waals surface area contributed by atoms with E-state index in [1.165, 1.54) is 0 Å². The molecule has 0 aromatic rings. The average molecular weight is 837 g/mol. The molecular formula is C46H88O7Si3. The van der Waals surface area contributed by atoms with Gasteiger partial charge < -0.3 is 27.9 Å². The van der Waals surface area contributed by atoms with Crippen LogP contribution in [-0.4, -0.2) is 78.3 Å². The van der Waals surface area contributed by atoms with Crippen LogP contribution in [0.4, 0.5) is 0 Å². The third kappa shape index (κ3) is 14.4. The first kappa shape index (κ1) is 51.3. The predicted octanol–water partition coefficient (Wildman–Crippen LogP) is 12.5. The molecule has 0 aromatic heterocycles. The Labute approximate surface area is 348 Å². The molecule has 2 rings (SSSR count). The Balaban J connectivity index is 2.42. The largest absolute Gasteiger partial charge is 0.457 e. The summed E-state index contributed by atoms with van der Waals surface area (Å²) < 4.78 is 34.1. The predicted molar refractivity (Wildman–Crippen MR) is 244 cm³/mol. The summed E-state index contributed by atoms with van der Waals surface area (Å²) in [5.74, 6) is 0.0590. The van der Waals surface area contributed by atoms with Gasteiger partial charge in [0.2, 0.25) is 0 Å². The van der Waals surface area contributed by atoms with Gasteiger partial charge in [-0.3, -0.25) is 4.79 Å². The van der Waals surface area contributed by atoms with Crippen LogP contribution in [0.5, 0.6) is 0 Å². The molecule has 0 amide bonds. The highest BCUT2D eigenvalue weighted by Gasteiger charge is 2.50. The van der Waals surface area contributed by atoms with Crippen molar-refractivity contribution in [2.45, 2.75) is 233 Å². The Kier molecular flexibility index (Phi) is 21.8. The van der Waals surface area contributed by atoms with Crippen LogP contribution in [0.1, 0.15) is 136 Å². The van der Waals surface area contributed by atoms with Crippen molar-refractivity contribution in [2.24, 2.45) is 17.8 Å². The van der Waals surface area contributed by atoms with Gasteiger partial charge in [-0.15, -0.1) is 0 Å². The van der Waals surface area contributed by atoms with Gasteiger partial charge in [-0.1, -0.05) is 120 Å². The molecule has 1 saturated heterocycles. The lowest BCUT2D eigenvalue weighted by Crippen LogP contribution is -2.46. The van der Waals surface area contributed by atoms with E-state index in [-0.39, 0.29) is 48.6 Å². The Morgan fingerprint density at radius 1 is 0.875 bits per heavy atom. The van der Waals surface area contributed by atoms with Crippen LogP contribution in [0.15, 0.2) is 36.0 Å². The maximum atomic E-state index is 13.7. The third-order valence-corrected chi connectivity index (χ3v) is 28.5. The molecule has 7 nitrogen and oxygen atoms in total. The number of hydrogen-bond acceptors (Lipinski definition) is 7. The Morgan fingerprint density at radius 2 is 1.43 bits per heavy atom. The van der Waals surface area contributed by atoms with Gasteiger partial charge in [0.05, 0.1) is 36.4 Å². The number of carbonyl (C=O) groups is 1. The molecule has 10 heteroatoms. The van der Waals surface area contributed by atoms with E-state index in [0.29, 0.717) is 5.92 Å². The Morgan fingerprint density at radius 3 is 1.95 bits per heavy atom. The second kappa shape index (κ2) is 23.8. The van der Waals surface area contributed by atoms with Crippen LogP contribution < -0.4 is 0 Å². The number of cyclic esters (lactones) is 1. The minimum absolute atomic E-state index is 0.0690. The first-order valence-corrected chi connectivity index (χ1v) is 30.7. The van der Waals surface area contributed by atoms with Gasteiger partial charge in [0.25, 0.3) is 0 Å². The normalized spacial score (nSPS) is 28.9. The van der Waals surface area contributed by atoms with Crippen molar-refractivity contribution < 1.29 is 32.7 Å². The second-order valence-corrected chi connectivity index (χ2v) is 32.0. The maximum Gasteiger partial charge on any atom is 0.308 e. The summed E-state index contributed by atoms with van der Waals surface area (Å²) in [5, 5.41) is 11.1. The smallest absolute Gasteiger partial charge is 0.308 e. The number of allylic oxidation sites excluding steroid dienone is 2. The van der Waals surface area contributed by atoms with Crippen molar-refractivity contribution in [2.75, 3.05) is 0 Å². The summed E-state index contributed by atoms with van der Waals surface area (Å²) in [6.07, 6.45) is 13.2. The van der Waals surface area contributed by atoms with E-state index < -0.39 is 42.8 Å². The fourth-order valence-corrected chi connectivity index (χ4v) is 18.1. The van der Waals surface area contributed by atoms with Crippen LogP contribution in [-0.2, 0) is 27.5 Å². The lowest BCUT2D eigenvalue weighted by molar-refractivity contribution is -0.150. The molecule has 0 bridgehead atoms. The molecule has 0 saturated carbocycles. The van der Waals surface area contributed by atoms with E-state index in [1.807, 2.05) is 12.2 Å². The maximum absolute atomic E-state index is 13.7. The number of carbonyl (C=O) groups excluding carboxylic acids is 1. The first-order chi connectivity index (χ1) is 26.5. The molecule has 0 aliphatic carbocycles. The van der Waals surface area contributed by atoms with E-state index in [0.717, 1.165) is 85.7 Å². The van der Waals surface area contributed by atoms with E-state index in [4.69, 9.17) is 22.8 Å². The fraction of sp³-hybridized carbons (Fsp3) is 0.848. The minimum atomic E-state index is -1.98. The van der Waals surface area contributed by atoms with Gasteiger partial charge in [0.1, 0.15) is 6.10 Å². The zero-order valence-electron chi connectivity index (χ0n) is 38.9. The molecular weight excluding hydrogens is 749 g/mol. The van der Waals surface area contributed by atoms with Crippen LogP contribution in [0.3, 0.4) is 0 Å². The van der Waals surface area contributed by atoms with Crippen molar-refractivity contribution in [3.8, 4) is 0 Å². The van der Waals surface area contributed by atoms with Crippen molar-refractivity contribution in [1.82, 2.24) is 0 Å². The molecule has 2 aliphatic rings. The SMILES string of the molecule is CCC(O[Si](CC)(CC)CC)C(C)C1OC1CC(C)(/C=C/C=C(\C)C1OC(=O)CC(O[Si](CC)(CC)CC)CCC(C)C(O)/C=C/C1C)O[Si](CC)(CC)CC. The molecule has 2 heterocycles. The number of hydrogen-bond donors (Lipinski definition) is 1. The zero-order valence-corrected chi connectivity index (χ0v) is 41.9. The van der Waals surface area contributed by atoms with Crippen LogP contribution in [0.2, 0.25) is 54.4 Å². The molecule has 1 fully saturated rings. The number of aliphatic hydroxyl groups excluding tert-OH is 1. The molecule has 0 spiro atoms. The van der Waals surface area contributed by atoms with Crippen LogP contribution in [0.25, 0.3) is 0 Å². The van der Waals surface area contributed by atoms with Crippen molar-refractivity contribution in [3.05, 3.63) is 36.0 Å². The van der Waals surface area contributed by atoms with Gasteiger partial charge in [-0.05, 0) is 99.0 Å². The lowest BCUT2D eigenvalue weighted by Gasteiger charge is -2.39. The average Bonchev–Trinajstić information content (AvgIpc) is 3.97. The van der Waals surface area contributed by atoms with E-state index in [2.05, 4.69) is 122 Å². The van der Waals surface area contributed by atoms with Crippen molar-refractivity contribution in [3.63, 3.8) is 0 Å². The summed E-state index contributed by atoms with van der Waals surface area (Å²) in [4.78, 5) is 13.7. The van der Waals surface area contributed by atoms with Crippen LogP contribution in [0, 0.1) is 17.8 Å². The van der Waals surface area contributed by atoms with Gasteiger partial charge in [-0.25, -0.2) is 0 Å². The van der Waals surface area contributed by atoms with Crippen molar-refractivity contribution >= 4 is 30.9 Å². The third-order valence-electron chi connectivity index (χ3n) is 14.3.